The van der Waals surface area contributed by atoms with Crippen LogP contribution < -0.4 is 15.0 Å². The Labute approximate surface area is 181 Å². The highest BCUT2D eigenvalue weighted by atomic mass is 16.5. The normalized spacial score (nSPS) is 23.7. The van der Waals surface area contributed by atoms with Crippen molar-refractivity contribution < 1.29 is 9.47 Å². The Hall–Kier alpha value is -2.71. The van der Waals surface area contributed by atoms with E-state index in [0.717, 1.165) is 55.1 Å². The van der Waals surface area contributed by atoms with Gasteiger partial charge in [-0.3, -0.25) is 0 Å². The molecule has 1 aromatic carbocycles. The Balaban J connectivity index is 1.41. The molecule has 0 aliphatic carbocycles. The van der Waals surface area contributed by atoms with Crippen LogP contribution in [0.25, 0.3) is 16.7 Å². The number of hydrogen-bond acceptors (Lipinski definition) is 7. The number of piperidine rings is 2. The Kier molecular flexibility index (Phi) is 4.57. The largest absolute Gasteiger partial charge is 0.467 e. The van der Waals surface area contributed by atoms with E-state index >= 15 is 0 Å². The van der Waals surface area contributed by atoms with E-state index in [2.05, 4.69) is 39.2 Å². The van der Waals surface area contributed by atoms with E-state index in [4.69, 9.17) is 14.6 Å². The number of benzene rings is 1. The standard InChI is InChI=1S/C23H28N6O2/c1-14-7-16-11-25-29(20(16)9-19(14)15-3-5-24-6-4-15)22-10-21(26-23(27-22)30-2)28-12-17-8-18(13-28)31-17/h7,9-11,15,17-18,24H,3-6,8,12-13H2,1-2H3. The number of aromatic nitrogens is 4. The summed E-state index contributed by atoms with van der Waals surface area (Å²) in [7, 11) is 1.61. The number of fused-ring (bicyclic) bond motifs is 3. The molecule has 0 spiro atoms. The molecular weight excluding hydrogens is 392 g/mol. The van der Waals surface area contributed by atoms with E-state index in [1.165, 1.54) is 24.0 Å². The van der Waals surface area contributed by atoms with E-state index in [1.807, 2.05) is 16.9 Å². The van der Waals surface area contributed by atoms with Gasteiger partial charge in [0.05, 0.1) is 31.0 Å². The number of nitrogens with one attached hydrogen (secondary N) is 1. The fourth-order valence-corrected chi connectivity index (χ4v) is 5.26. The van der Waals surface area contributed by atoms with Gasteiger partial charge in [-0.2, -0.15) is 15.1 Å². The second kappa shape index (κ2) is 7.46. The monoisotopic (exact) mass is 420 g/mol. The van der Waals surface area contributed by atoms with Crippen LogP contribution in [0.3, 0.4) is 0 Å². The minimum atomic E-state index is 0.309. The van der Waals surface area contributed by atoms with Crippen molar-refractivity contribution in [1.82, 2.24) is 25.1 Å². The van der Waals surface area contributed by atoms with Crippen LogP contribution in [0.15, 0.2) is 24.4 Å². The van der Waals surface area contributed by atoms with Crippen LogP contribution in [0.1, 0.15) is 36.3 Å². The molecule has 8 nitrogen and oxygen atoms in total. The second-order valence-corrected chi connectivity index (χ2v) is 8.94. The van der Waals surface area contributed by atoms with Gasteiger partial charge in [-0.15, -0.1) is 0 Å². The van der Waals surface area contributed by atoms with Gasteiger partial charge in [-0.1, -0.05) is 0 Å². The number of nitrogens with zero attached hydrogens (tertiary/aromatic N) is 5. The molecule has 4 aliphatic heterocycles. The van der Waals surface area contributed by atoms with Crippen molar-refractivity contribution in [3.63, 3.8) is 0 Å². The number of rotatable bonds is 4. The van der Waals surface area contributed by atoms with Gasteiger partial charge < -0.3 is 19.7 Å². The molecule has 0 radical (unpaired) electrons. The third kappa shape index (κ3) is 3.34. The summed E-state index contributed by atoms with van der Waals surface area (Å²) in [6.45, 7) is 6.08. The highest BCUT2D eigenvalue weighted by Crippen LogP contribution is 2.34. The number of morpholine rings is 1. The fraction of sp³-hybridized carbons (Fsp3) is 0.522. The Morgan fingerprint density at radius 1 is 1.06 bits per heavy atom. The zero-order valence-electron chi connectivity index (χ0n) is 18.0. The van der Waals surface area contributed by atoms with Crippen molar-refractivity contribution in [2.24, 2.45) is 0 Å². The number of anilines is 1. The summed E-state index contributed by atoms with van der Waals surface area (Å²) in [4.78, 5) is 11.5. The average Bonchev–Trinajstić information content (AvgIpc) is 3.21. The molecule has 162 valence electrons. The van der Waals surface area contributed by atoms with Gasteiger partial charge in [0, 0.05) is 31.0 Å². The molecule has 2 unspecified atom stereocenters. The molecule has 2 aromatic heterocycles. The van der Waals surface area contributed by atoms with Crippen molar-refractivity contribution in [3.05, 3.63) is 35.5 Å². The summed E-state index contributed by atoms with van der Waals surface area (Å²) >= 11 is 0. The number of hydrogen-bond donors (Lipinski definition) is 1. The van der Waals surface area contributed by atoms with Gasteiger partial charge in [0.2, 0.25) is 0 Å². The predicted octanol–water partition coefficient (Wildman–Crippen LogP) is 2.58. The van der Waals surface area contributed by atoms with E-state index in [1.54, 1.807) is 7.11 Å². The highest BCUT2D eigenvalue weighted by Gasteiger charge is 2.39. The molecule has 3 aromatic rings. The first-order chi connectivity index (χ1) is 15.2. The first-order valence-corrected chi connectivity index (χ1v) is 11.2. The number of methoxy groups -OCH3 is 1. The smallest absolute Gasteiger partial charge is 0.320 e. The molecule has 2 atom stereocenters. The first-order valence-electron chi connectivity index (χ1n) is 11.2. The minimum absolute atomic E-state index is 0.309. The van der Waals surface area contributed by atoms with Gasteiger partial charge >= 0.3 is 6.01 Å². The van der Waals surface area contributed by atoms with E-state index in [9.17, 15) is 0 Å². The maximum absolute atomic E-state index is 5.79. The molecule has 0 saturated carbocycles. The van der Waals surface area contributed by atoms with E-state index in [-0.39, 0.29) is 0 Å². The quantitative estimate of drug-likeness (QED) is 0.695. The summed E-state index contributed by atoms with van der Waals surface area (Å²) in [5, 5.41) is 9.29. The zero-order valence-corrected chi connectivity index (χ0v) is 18.0. The summed E-state index contributed by atoms with van der Waals surface area (Å²) in [5.74, 6) is 2.19. The molecule has 1 N–H and O–H groups in total. The zero-order chi connectivity index (χ0) is 20.9. The van der Waals surface area contributed by atoms with Crippen LogP contribution in [0.5, 0.6) is 6.01 Å². The maximum atomic E-state index is 5.79. The number of ether oxygens (including phenoxy) is 2. The van der Waals surface area contributed by atoms with Gasteiger partial charge in [-0.25, -0.2) is 4.68 Å². The lowest BCUT2D eigenvalue weighted by Crippen LogP contribution is -2.57. The minimum Gasteiger partial charge on any atom is -0.467 e. The molecule has 2 bridgehead atoms. The summed E-state index contributed by atoms with van der Waals surface area (Å²) in [6, 6.07) is 6.95. The lowest BCUT2D eigenvalue weighted by molar-refractivity contribution is -0.133. The summed E-state index contributed by atoms with van der Waals surface area (Å²) in [5.41, 5.74) is 3.84. The third-order valence-electron chi connectivity index (χ3n) is 6.90. The molecule has 31 heavy (non-hydrogen) atoms. The van der Waals surface area contributed by atoms with Crippen LogP contribution in [-0.2, 0) is 4.74 Å². The average molecular weight is 421 g/mol. The Bertz CT molecular complexity index is 1110. The van der Waals surface area contributed by atoms with Gasteiger partial charge in [0.15, 0.2) is 5.82 Å². The van der Waals surface area contributed by atoms with Crippen LogP contribution in [0.4, 0.5) is 5.82 Å². The fourth-order valence-electron chi connectivity index (χ4n) is 5.26. The Morgan fingerprint density at radius 3 is 2.55 bits per heavy atom. The molecule has 4 fully saturated rings. The van der Waals surface area contributed by atoms with Gasteiger partial charge in [-0.05, 0) is 62.0 Å². The van der Waals surface area contributed by atoms with Crippen LogP contribution in [-0.4, -0.2) is 65.2 Å². The SMILES string of the molecule is COc1nc(N2CC3CC(C2)O3)cc(-n2ncc3cc(C)c(C4CCNCC4)cc32)n1. The maximum Gasteiger partial charge on any atom is 0.320 e. The van der Waals surface area contributed by atoms with Crippen molar-refractivity contribution in [2.45, 2.75) is 44.3 Å². The first kappa shape index (κ1) is 19.0. The van der Waals surface area contributed by atoms with E-state index < -0.39 is 0 Å². The summed E-state index contributed by atoms with van der Waals surface area (Å²) in [6.07, 6.45) is 6.03. The van der Waals surface area contributed by atoms with Crippen molar-refractivity contribution in [3.8, 4) is 11.8 Å². The molecule has 4 aliphatic rings. The van der Waals surface area contributed by atoms with Gasteiger partial charge in [0.1, 0.15) is 5.82 Å². The van der Waals surface area contributed by atoms with Crippen LogP contribution in [0, 0.1) is 6.92 Å². The lowest BCUT2D eigenvalue weighted by atomic mass is 9.87. The molecule has 8 heteroatoms. The molecule has 4 saturated heterocycles. The third-order valence-corrected chi connectivity index (χ3v) is 6.90. The topological polar surface area (TPSA) is 77.3 Å². The lowest BCUT2D eigenvalue weighted by Gasteiger charge is -2.47. The van der Waals surface area contributed by atoms with Crippen LogP contribution in [0.2, 0.25) is 0 Å². The van der Waals surface area contributed by atoms with Crippen LogP contribution >= 0.6 is 0 Å². The predicted molar refractivity (Wildman–Crippen MR) is 118 cm³/mol. The highest BCUT2D eigenvalue weighted by molar-refractivity contribution is 5.82. The Morgan fingerprint density at radius 2 is 1.81 bits per heavy atom. The summed E-state index contributed by atoms with van der Waals surface area (Å²) < 4.78 is 13.2. The molecule has 7 rings (SSSR count). The molecule has 0 amide bonds. The van der Waals surface area contributed by atoms with Crippen molar-refractivity contribution in [1.29, 1.82) is 0 Å². The molecule has 6 heterocycles. The van der Waals surface area contributed by atoms with Crippen molar-refractivity contribution >= 4 is 16.7 Å². The number of aryl methyl sites for hydroxylation is 1. The second-order valence-electron chi connectivity index (χ2n) is 8.94. The molecular formula is C23H28N6O2. The van der Waals surface area contributed by atoms with Gasteiger partial charge in [0.25, 0.3) is 0 Å². The van der Waals surface area contributed by atoms with Crippen molar-refractivity contribution in [2.75, 3.05) is 38.2 Å². The van der Waals surface area contributed by atoms with E-state index in [0.29, 0.717) is 24.1 Å².